The molecule has 1 aromatic heterocycles. The van der Waals surface area contributed by atoms with E-state index in [2.05, 4.69) is 19.8 Å². The summed E-state index contributed by atoms with van der Waals surface area (Å²) in [5.41, 5.74) is 8.81. The van der Waals surface area contributed by atoms with Crippen LogP contribution in [0.5, 0.6) is 0 Å². The van der Waals surface area contributed by atoms with Crippen LogP contribution in [0, 0.1) is 0 Å². The number of nitrogen functional groups attached to an aromatic ring is 1. The van der Waals surface area contributed by atoms with Gasteiger partial charge in [-0.25, -0.2) is 4.79 Å². The van der Waals surface area contributed by atoms with Crippen LogP contribution in [-0.4, -0.2) is 62.0 Å². The second-order valence-corrected chi connectivity index (χ2v) is 10.9. The van der Waals surface area contributed by atoms with Gasteiger partial charge in [-0.15, -0.1) is 11.8 Å². The van der Waals surface area contributed by atoms with Crippen LogP contribution >= 0.6 is 34.9 Å². The smallest absolute Gasteiger partial charge is 0.356 e. The lowest BCUT2D eigenvalue weighted by Gasteiger charge is -2.49. The lowest BCUT2D eigenvalue weighted by molar-refractivity contribution is -0.154. The highest BCUT2D eigenvalue weighted by atomic mass is 35.5. The number of fused-ring (bicyclic) bond motifs is 1. The molecule has 1 unspecified atom stereocenters. The van der Waals surface area contributed by atoms with Crippen LogP contribution in [0.15, 0.2) is 88.7 Å². The Kier molecular flexibility index (Phi) is 8.67. The number of allylic oxidation sites excluding steroid dienone is 1. The molecule has 0 saturated carbocycles. The number of halogens is 1. The van der Waals surface area contributed by atoms with Crippen molar-refractivity contribution in [1.29, 1.82) is 0 Å². The van der Waals surface area contributed by atoms with Gasteiger partial charge in [-0.3, -0.25) is 14.5 Å². The summed E-state index contributed by atoms with van der Waals surface area (Å²) in [5.74, 6) is -1.60. The van der Waals surface area contributed by atoms with Crippen molar-refractivity contribution < 1.29 is 24.0 Å². The van der Waals surface area contributed by atoms with Crippen molar-refractivity contribution in [3.05, 3.63) is 100 Å². The van der Waals surface area contributed by atoms with Crippen molar-refractivity contribution in [2.24, 2.45) is 5.16 Å². The Bertz CT molecular complexity index is 1510. The molecular weight excluding hydrogens is 588 g/mol. The number of thioether (sulfide) groups is 1. The molecule has 1 fully saturated rings. The highest BCUT2D eigenvalue weighted by molar-refractivity contribution is 8.00. The number of hydrogen-bond donors (Lipinski definition) is 2. The van der Waals surface area contributed by atoms with E-state index >= 15 is 0 Å². The van der Waals surface area contributed by atoms with E-state index in [1.54, 1.807) is 6.08 Å². The Balaban J connectivity index is 1.40. The van der Waals surface area contributed by atoms with Gasteiger partial charge in [0.2, 0.25) is 11.5 Å². The number of amides is 2. The van der Waals surface area contributed by atoms with Gasteiger partial charge in [-0.05, 0) is 22.8 Å². The average molecular weight is 611 g/mol. The minimum absolute atomic E-state index is 0.0293. The van der Waals surface area contributed by atoms with Crippen LogP contribution in [0.4, 0.5) is 5.13 Å². The number of nitrogens with two attached hydrogens (primary N) is 1. The fourth-order valence-corrected chi connectivity index (χ4v) is 6.30. The molecule has 5 rings (SSSR count). The molecule has 14 heteroatoms. The molecule has 0 aliphatic carbocycles. The second kappa shape index (κ2) is 12.5. The van der Waals surface area contributed by atoms with Gasteiger partial charge in [0, 0.05) is 22.8 Å². The minimum Gasteiger partial charge on any atom is -0.448 e. The quantitative estimate of drug-likeness (QED) is 0.161. The van der Waals surface area contributed by atoms with Crippen molar-refractivity contribution in [3.8, 4) is 0 Å². The second-order valence-electron chi connectivity index (χ2n) is 8.71. The molecule has 0 bridgehead atoms. The standard InChI is InChI=1S/C27H23ClN6O5S2/c1-38-32-18(22-31-27(29)41-33-22)23(35)30-19-24(36)34-20(17(12-13-28)14-40-25(19)34)26(37)39-21(15-8-4-2-5-9-15)16-10-6-3-7-11-16/h2-13,19,21,25H,14H2,1H3,(H,30,35)(H2,29,31,33)/b13-12+,32-18+/t19?,25-/m1/s1. The van der Waals surface area contributed by atoms with Crippen LogP contribution < -0.4 is 11.1 Å². The molecule has 1 saturated heterocycles. The molecule has 41 heavy (non-hydrogen) atoms. The summed E-state index contributed by atoms with van der Waals surface area (Å²) in [7, 11) is 1.27. The number of rotatable bonds is 9. The maximum Gasteiger partial charge on any atom is 0.356 e. The highest BCUT2D eigenvalue weighted by Gasteiger charge is 2.54. The Morgan fingerprint density at radius 1 is 1.17 bits per heavy atom. The van der Waals surface area contributed by atoms with Gasteiger partial charge in [-0.1, -0.05) is 77.4 Å². The third kappa shape index (κ3) is 5.82. The maximum absolute atomic E-state index is 13.8. The van der Waals surface area contributed by atoms with Gasteiger partial charge < -0.3 is 20.6 Å². The Labute approximate surface area is 248 Å². The number of esters is 1. The summed E-state index contributed by atoms with van der Waals surface area (Å²) in [6.07, 6.45) is 0.840. The normalized spacial score (nSPS) is 18.8. The van der Waals surface area contributed by atoms with E-state index in [0.29, 0.717) is 11.3 Å². The summed E-state index contributed by atoms with van der Waals surface area (Å²) >= 11 is 8.14. The van der Waals surface area contributed by atoms with Crippen LogP contribution in [0.2, 0.25) is 0 Å². The number of benzene rings is 2. The fraction of sp³-hybridized carbons (Fsp3) is 0.185. The molecule has 2 aliphatic heterocycles. The van der Waals surface area contributed by atoms with E-state index in [1.165, 1.54) is 29.3 Å². The van der Waals surface area contributed by atoms with Crippen LogP contribution in [0.25, 0.3) is 0 Å². The van der Waals surface area contributed by atoms with Crippen molar-refractivity contribution in [2.75, 3.05) is 18.6 Å². The largest absolute Gasteiger partial charge is 0.448 e. The SMILES string of the molecule is CO/N=C(/C(=O)NC1C(=O)N2C(C(=O)OC(c3ccccc3)c3ccccc3)=C(/C=C/Cl)CS[C@H]12)c1nsc(N)n1. The summed E-state index contributed by atoms with van der Waals surface area (Å²) in [5, 5.41) is 5.93. The lowest BCUT2D eigenvalue weighted by Crippen LogP contribution is -2.71. The first-order chi connectivity index (χ1) is 19.9. The molecule has 3 N–H and O–H groups in total. The van der Waals surface area contributed by atoms with Gasteiger partial charge in [0.05, 0.1) is 0 Å². The Hall–Kier alpha value is -4.20. The highest BCUT2D eigenvalue weighted by Crippen LogP contribution is 2.42. The number of β-lactam (4-membered cyclic amide) rings is 1. The third-order valence-corrected chi connectivity index (χ3v) is 8.19. The molecule has 2 atom stereocenters. The van der Waals surface area contributed by atoms with E-state index in [9.17, 15) is 14.4 Å². The minimum atomic E-state index is -0.950. The number of carbonyl (C=O) groups excluding carboxylic acids is 3. The zero-order valence-electron chi connectivity index (χ0n) is 21.5. The topological polar surface area (TPSA) is 149 Å². The fourth-order valence-electron chi connectivity index (χ4n) is 4.40. The van der Waals surface area contributed by atoms with Gasteiger partial charge in [0.15, 0.2) is 11.2 Å². The first kappa shape index (κ1) is 28.3. The molecule has 210 valence electrons. The average Bonchev–Trinajstić information content (AvgIpc) is 3.43. The van der Waals surface area contributed by atoms with E-state index in [-0.39, 0.29) is 22.4 Å². The molecule has 0 spiro atoms. The zero-order chi connectivity index (χ0) is 28.9. The van der Waals surface area contributed by atoms with Crippen molar-refractivity contribution >= 4 is 63.5 Å². The number of aromatic nitrogens is 2. The van der Waals surface area contributed by atoms with Crippen molar-refractivity contribution in [3.63, 3.8) is 0 Å². The van der Waals surface area contributed by atoms with E-state index in [1.807, 2.05) is 60.7 Å². The maximum atomic E-state index is 13.8. The molecule has 2 amide bonds. The summed E-state index contributed by atoms with van der Waals surface area (Å²) in [6.45, 7) is 0. The number of oxime groups is 1. The Morgan fingerprint density at radius 2 is 1.83 bits per heavy atom. The number of ether oxygens (including phenoxy) is 1. The van der Waals surface area contributed by atoms with E-state index < -0.39 is 35.3 Å². The molecular formula is C27H23ClN6O5S2. The monoisotopic (exact) mass is 610 g/mol. The molecule has 2 aromatic carbocycles. The van der Waals surface area contributed by atoms with E-state index in [0.717, 1.165) is 22.7 Å². The molecule has 11 nitrogen and oxygen atoms in total. The van der Waals surface area contributed by atoms with E-state index in [4.69, 9.17) is 26.9 Å². The number of hydrogen-bond acceptors (Lipinski definition) is 11. The van der Waals surface area contributed by atoms with Gasteiger partial charge in [-0.2, -0.15) is 9.36 Å². The van der Waals surface area contributed by atoms with Gasteiger partial charge in [0.1, 0.15) is 24.2 Å². The lowest BCUT2D eigenvalue weighted by atomic mass is 10.0. The van der Waals surface area contributed by atoms with Gasteiger partial charge in [0.25, 0.3) is 11.8 Å². The first-order valence-electron chi connectivity index (χ1n) is 12.2. The van der Waals surface area contributed by atoms with Crippen LogP contribution in [0.3, 0.4) is 0 Å². The molecule has 3 aromatic rings. The Morgan fingerprint density at radius 3 is 2.39 bits per heavy atom. The predicted octanol–water partition coefficient (Wildman–Crippen LogP) is 3.21. The number of anilines is 1. The predicted molar refractivity (Wildman–Crippen MR) is 156 cm³/mol. The summed E-state index contributed by atoms with van der Waals surface area (Å²) < 4.78 is 10.1. The molecule has 2 aliphatic rings. The van der Waals surface area contributed by atoms with Crippen LogP contribution in [-0.2, 0) is 24.0 Å². The number of nitrogens with zero attached hydrogens (tertiary/aromatic N) is 4. The first-order valence-corrected chi connectivity index (χ1v) is 14.5. The van der Waals surface area contributed by atoms with Crippen molar-refractivity contribution in [1.82, 2.24) is 19.6 Å². The summed E-state index contributed by atoms with van der Waals surface area (Å²) in [6, 6.07) is 17.7. The molecule has 0 radical (unpaired) electrons. The van der Waals surface area contributed by atoms with Crippen LogP contribution in [0.1, 0.15) is 23.1 Å². The third-order valence-electron chi connectivity index (χ3n) is 6.22. The molecule has 3 heterocycles. The number of nitrogens with one attached hydrogen (secondary N) is 1. The van der Waals surface area contributed by atoms with Crippen molar-refractivity contribution in [2.45, 2.75) is 17.5 Å². The van der Waals surface area contributed by atoms with Gasteiger partial charge >= 0.3 is 5.97 Å². The zero-order valence-corrected chi connectivity index (χ0v) is 23.9. The summed E-state index contributed by atoms with van der Waals surface area (Å²) in [4.78, 5) is 50.3. The number of carbonyl (C=O) groups is 3.